The van der Waals surface area contributed by atoms with Crippen LogP contribution in [-0.2, 0) is 17.9 Å². The number of anilines is 1. The Kier molecular flexibility index (Phi) is 6.10. The zero-order valence-electron chi connectivity index (χ0n) is 17.9. The molecule has 2 N–H and O–H groups in total. The van der Waals surface area contributed by atoms with Gasteiger partial charge in [-0.05, 0) is 63.6 Å². The van der Waals surface area contributed by atoms with Crippen molar-refractivity contribution in [1.82, 2.24) is 14.5 Å². The number of imidazole rings is 1. The van der Waals surface area contributed by atoms with Gasteiger partial charge < -0.3 is 10.6 Å². The van der Waals surface area contributed by atoms with Crippen molar-refractivity contribution >= 4 is 28.5 Å². The molecule has 0 unspecified atom stereocenters. The largest absolute Gasteiger partial charge is 0.347 e. The van der Waals surface area contributed by atoms with E-state index < -0.39 is 0 Å². The first kappa shape index (κ1) is 21.4. The summed E-state index contributed by atoms with van der Waals surface area (Å²) in [4.78, 5) is 37.6. The molecule has 1 aromatic heterocycles. The van der Waals surface area contributed by atoms with Crippen molar-refractivity contribution in [2.45, 2.75) is 52.7 Å². The fourth-order valence-electron chi connectivity index (χ4n) is 3.25. The number of carbonyl (C=O) groups excluding carboxylic acids is 2. The summed E-state index contributed by atoms with van der Waals surface area (Å²) in [6.07, 6.45) is 0.820. The lowest BCUT2D eigenvalue weighted by molar-refractivity contribution is -0.116. The van der Waals surface area contributed by atoms with Crippen LogP contribution in [0.4, 0.5) is 5.69 Å². The van der Waals surface area contributed by atoms with Crippen molar-refractivity contribution in [3.63, 3.8) is 0 Å². The fraction of sp³-hybridized carbons (Fsp3) is 0.348. The molecular formula is C23H28N4O3. The van der Waals surface area contributed by atoms with E-state index in [1.54, 1.807) is 28.8 Å². The molecule has 2 aromatic carbocycles. The minimum absolute atomic E-state index is 0.0841. The number of benzene rings is 2. The number of hydrogen-bond acceptors (Lipinski definition) is 3. The van der Waals surface area contributed by atoms with Gasteiger partial charge in [-0.3, -0.25) is 18.7 Å². The Hall–Kier alpha value is -3.35. The van der Waals surface area contributed by atoms with Crippen molar-refractivity contribution in [3.05, 3.63) is 64.6 Å². The second-order valence-electron chi connectivity index (χ2n) is 7.92. The number of para-hydroxylation sites is 2. The number of nitrogens with zero attached hydrogens (tertiary/aromatic N) is 2. The summed E-state index contributed by atoms with van der Waals surface area (Å²) >= 11 is 0. The smallest absolute Gasteiger partial charge is 0.329 e. The van der Waals surface area contributed by atoms with Crippen LogP contribution in [0.25, 0.3) is 11.0 Å². The Bertz CT molecular complexity index is 1120. The quantitative estimate of drug-likeness (QED) is 0.628. The lowest BCUT2D eigenvalue weighted by Crippen LogP contribution is -2.42. The van der Waals surface area contributed by atoms with Crippen LogP contribution >= 0.6 is 0 Å². The van der Waals surface area contributed by atoms with Gasteiger partial charge in [0.15, 0.2) is 0 Å². The van der Waals surface area contributed by atoms with Crippen LogP contribution in [-0.4, -0.2) is 26.5 Å². The number of aryl methyl sites for hydroxylation is 1. The van der Waals surface area contributed by atoms with E-state index in [9.17, 15) is 14.4 Å². The Morgan fingerprint density at radius 1 is 0.933 bits per heavy atom. The number of hydrogen-bond donors (Lipinski definition) is 2. The van der Waals surface area contributed by atoms with Crippen LogP contribution in [0.5, 0.6) is 0 Å². The van der Waals surface area contributed by atoms with E-state index in [2.05, 4.69) is 10.6 Å². The van der Waals surface area contributed by atoms with Crippen LogP contribution in [0.1, 0.15) is 44.5 Å². The van der Waals surface area contributed by atoms with E-state index in [-0.39, 0.29) is 29.6 Å². The summed E-state index contributed by atoms with van der Waals surface area (Å²) in [6.45, 7) is 8.30. The molecule has 7 nitrogen and oxygen atoms in total. The second-order valence-corrected chi connectivity index (χ2v) is 7.92. The Labute approximate surface area is 175 Å². The number of carbonyl (C=O) groups is 2. The molecule has 3 aromatic rings. The lowest BCUT2D eigenvalue weighted by atomic mass is 10.0. The molecule has 1 heterocycles. The van der Waals surface area contributed by atoms with E-state index >= 15 is 0 Å². The zero-order chi connectivity index (χ0) is 21.9. The molecule has 0 spiro atoms. The predicted molar refractivity (Wildman–Crippen MR) is 119 cm³/mol. The van der Waals surface area contributed by atoms with Crippen LogP contribution in [0.3, 0.4) is 0 Å². The molecule has 0 aliphatic carbocycles. The Morgan fingerprint density at radius 3 is 2.10 bits per heavy atom. The average Bonchev–Trinajstić information content (AvgIpc) is 2.99. The van der Waals surface area contributed by atoms with Crippen LogP contribution in [0, 0.1) is 0 Å². The topological polar surface area (TPSA) is 85.1 Å². The molecule has 30 heavy (non-hydrogen) atoms. The fourth-order valence-corrected chi connectivity index (χ4v) is 3.25. The number of fused-ring (bicyclic) bond motifs is 1. The summed E-state index contributed by atoms with van der Waals surface area (Å²) in [7, 11) is 0. The van der Waals surface area contributed by atoms with Gasteiger partial charge in [0.1, 0.15) is 6.54 Å². The van der Waals surface area contributed by atoms with Gasteiger partial charge in [-0.1, -0.05) is 19.1 Å². The molecular weight excluding hydrogens is 380 g/mol. The van der Waals surface area contributed by atoms with Crippen molar-refractivity contribution in [2.24, 2.45) is 0 Å². The predicted octanol–water partition coefficient (Wildman–Crippen LogP) is 3.38. The molecule has 7 heteroatoms. The van der Waals surface area contributed by atoms with Crippen LogP contribution in [0.2, 0.25) is 0 Å². The molecule has 0 radical (unpaired) electrons. The molecule has 158 valence electrons. The molecule has 0 aliphatic rings. The van der Waals surface area contributed by atoms with Crippen molar-refractivity contribution in [2.75, 3.05) is 5.32 Å². The van der Waals surface area contributed by atoms with Crippen LogP contribution in [0.15, 0.2) is 53.3 Å². The van der Waals surface area contributed by atoms with E-state index in [0.717, 1.165) is 17.5 Å². The maximum absolute atomic E-state index is 12.7. The molecule has 0 saturated heterocycles. The average molecular weight is 409 g/mol. The van der Waals surface area contributed by atoms with Gasteiger partial charge in [-0.2, -0.15) is 0 Å². The number of nitrogens with one attached hydrogen (secondary N) is 2. The lowest BCUT2D eigenvalue weighted by Gasteiger charge is -2.24. The molecule has 0 fully saturated rings. The monoisotopic (exact) mass is 408 g/mol. The van der Waals surface area contributed by atoms with Gasteiger partial charge in [0.05, 0.1) is 11.0 Å². The van der Waals surface area contributed by atoms with E-state index in [1.807, 2.05) is 52.0 Å². The highest BCUT2D eigenvalue weighted by atomic mass is 16.2. The maximum atomic E-state index is 12.7. The van der Waals surface area contributed by atoms with Gasteiger partial charge in [0, 0.05) is 23.3 Å². The summed E-state index contributed by atoms with van der Waals surface area (Å²) in [6, 6.07) is 14.1. The van der Waals surface area contributed by atoms with Crippen molar-refractivity contribution < 1.29 is 9.59 Å². The van der Waals surface area contributed by atoms with Gasteiger partial charge in [-0.25, -0.2) is 4.79 Å². The Balaban J connectivity index is 1.72. The van der Waals surface area contributed by atoms with Gasteiger partial charge in [0.2, 0.25) is 5.91 Å². The summed E-state index contributed by atoms with van der Waals surface area (Å²) in [5.74, 6) is -0.459. The number of amides is 2. The molecule has 0 aliphatic heterocycles. The SMILES string of the molecule is CCn1c(=O)n(CC(=O)Nc2ccc(C(=O)NC(C)(C)CC)cc2)c2ccccc21. The highest BCUT2D eigenvalue weighted by Crippen LogP contribution is 2.15. The van der Waals surface area contributed by atoms with Gasteiger partial charge >= 0.3 is 5.69 Å². The van der Waals surface area contributed by atoms with E-state index in [4.69, 9.17) is 0 Å². The molecule has 0 saturated carbocycles. The van der Waals surface area contributed by atoms with E-state index in [0.29, 0.717) is 17.8 Å². The third kappa shape index (κ3) is 4.45. The Morgan fingerprint density at radius 2 is 1.53 bits per heavy atom. The highest BCUT2D eigenvalue weighted by Gasteiger charge is 2.19. The van der Waals surface area contributed by atoms with Crippen LogP contribution < -0.4 is 16.3 Å². The van der Waals surface area contributed by atoms with Gasteiger partial charge in [0.25, 0.3) is 5.91 Å². The first-order valence-electron chi connectivity index (χ1n) is 10.2. The standard InChI is InChI=1S/C23H28N4O3/c1-5-23(3,4)25-21(29)16-11-13-17(14-12-16)24-20(28)15-27-19-10-8-7-9-18(19)26(6-2)22(27)30/h7-14H,5-6,15H2,1-4H3,(H,24,28)(H,25,29). The summed E-state index contributed by atoms with van der Waals surface area (Å²) < 4.78 is 3.12. The number of rotatable bonds is 7. The third-order valence-electron chi connectivity index (χ3n) is 5.31. The maximum Gasteiger partial charge on any atom is 0.329 e. The van der Waals surface area contributed by atoms with Gasteiger partial charge in [-0.15, -0.1) is 0 Å². The minimum atomic E-state index is -0.305. The molecule has 3 rings (SSSR count). The van der Waals surface area contributed by atoms with E-state index in [1.165, 1.54) is 4.57 Å². The summed E-state index contributed by atoms with van der Waals surface area (Å²) in [5.41, 5.74) is 2.14. The third-order valence-corrected chi connectivity index (χ3v) is 5.31. The normalized spacial score (nSPS) is 11.5. The zero-order valence-corrected chi connectivity index (χ0v) is 17.9. The highest BCUT2D eigenvalue weighted by molar-refractivity contribution is 5.96. The first-order valence-corrected chi connectivity index (χ1v) is 10.2. The first-order chi connectivity index (χ1) is 14.3. The molecule has 2 amide bonds. The molecule has 0 atom stereocenters. The van der Waals surface area contributed by atoms with Crippen molar-refractivity contribution in [3.8, 4) is 0 Å². The summed E-state index contributed by atoms with van der Waals surface area (Å²) in [5, 5.41) is 5.78. The second kappa shape index (κ2) is 8.57. The number of aromatic nitrogens is 2. The van der Waals surface area contributed by atoms with Crippen molar-refractivity contribution in [1.29, 1.82) is 0 Å². The minimum Gasteiger partial charge on any atom is -0.347 e. The molecule has 0 bridgehead atoms.